The monoisotopic (exact) mass is 354 g/mol. The van der Waals surface area contributed by atoms with E-state index in [1.807, 2.05) is 29.8 Å². The molecule has 0 saturated carbocycles. The minimum Gasteiger partial charge on any atom is -0.395 e. The van der Waals surface area contributed by atoms with E-state index < -0.39 is 0 Å². The molecule has 26 heavy (non-hydrogen) atoms. The van der Waals surface area contributed by atoms with Gasteiger partial charge in [-0.05, 0) is 31.5 Å². The van der Waals surface area contributed by atoms with Gasteiger partial charge in [-0.2, -0.15) is 0 Å². The molecule has 8 heteroatoms. The molecule has 1 atom stereocenters. The second-order valence-corrected chi connectivity index (χ2v) is 6.65. The van der Waals surface area contributed by atoms with Crippen molar-refractivity contribution in [3.63, 3.8) is 0 Å². The molecule has 136 valence electrons. The van der Waals surface area contributed by atoms with Gasteiger partial charge in [0.1, 0.15) is 18.0 Å². The van der Waals surface area contributed by atoms with Crippen LogP contribution in [0.15, 0.2) is 35.4 Å². The molecule has 1 saturated heterocycles. The third-order valence-corrected chi connectivity index (χ3v) is 5.03. The van der Waals surface area contributed by atoms with Crippen molar-refractivity contribution in [2.75, 3.05) is 13.2 Å². The van der Waals surface area contributed by atoms with Crippen LogP contribution in [0.3, 0.4) is 0 Å². The molecule has 0 aliphatic carbocycles. The maximum Gasteiger partial charge on any atom is 0.261 e. The van der Waals surface area contributed by atoms with E-state index in [1.54, 1.807) is 17.0 Å². The number of fused-ring (bicyclic) bond motifs is 1. The molecule has 0 radical (unpaired) electrons. The van der Waals surface area contributed by atoms with Crippen LogP contribution < -0.4 is 5.56 Å². The summed E-state index contributed by atoms with van der Waals surface area (Å²) in [6.45, 7) is 1.73. The highest BCUT2D eigenvalue weighted by Crippen LogP contribution is 2.32. The van der Waals surface area contributed by atoms with Crippen molar-refractivity contribution in [2.45, 2.75) is 32.0 Å². The molecule has 1 fully saturated rings. The maximum atomic E-state index is 12.9. The first-order chi connectivity index (χ1) is 12.7. The standard InChI is InChI=1S/C18H22N6O2/c1-22-12-19-21-16(22)11-23-8-4-7-15(23)17-20-14-6-3-2-5-13(14)18(26)24(17)9-10-25/h2-3,5-6,12,15,25H,4,7-11H2,1H3. The average molecular weight is 354 g/mol. The predicted molar refractivity (Wildman–Crippen MR) is 96.5 cm³/mol. The van der Waals surface area contributed by atoms with Crippen LogP contribution >= 0.6 is 0 Å². The normalized spacial score (nSPS) is 18.0. The van der Waals surface area contributed by atoms with Crippen LogP contribution in [0.1, 0.15) is 30.5 Å². The Morgan fingerprint density at radius 2 is 2.15 bits per heavy atom. The first-order valence-electron chi connectivity index (χ1n) is 8.86. The van der Waals surface area contributed by atoms with Gasteiger partial charge in [0.05, 0.1) is 36.6 Å². The fraction of sp³-hybridized carbons (Fsp3) is 0.444. The van der Waals surface area contributed by atoms with Gasteiger partial charge in [0.15, 0.2) is 0 Å². The quantitative estimate of drug-likeness (QED) is 0.731. The van der Waals surface area contributed by atoms with Crippen molar-refractivity contribution in [2.24, 2.45) is 7.05 Å². The van der Waals surface area contributed by atoms with Crippen LogP contribution in [0.25, 0.3) is 10.9 Å². The molecule has 3 aromatic rings. The average Bonchev–Trinajstić information content (AvgIpc) is 3.27. The summed E-state index contributed by atoms with van der Waals surface area (Å²) in [5.74, 6) is 1.61. The largest absolute Gasteiger partial charge is 0.395 e. The van der Waals surface area contributed by atoms with Gasteiger partial charge in [-0.15, -0.1) is 10.2 Å². The second kappa shape index (κ2) is 6.97. The zero-order valence-electron chi connectivity index (χ0n) is 14.7. The minimum atomic E-state index is -0.0943. The topological polar surface area (TPSA) is 89.1 Å². The van der Waals surface area contributed by atoms with Crippen molar-refractivity contribution < 1.29 is 5.11 Å². The highest BCUT2D eigenvalue weighted by molar-refractivity contribution is 5.77. The van der Waals surface area contributed by atoms with E-state index in [2.05, 4.69) is 15.1 Å². The van der Waals surface area contributed by atoms with Crippen LogP contribution in [-0.4, -0.2) is 47.5 Å². The van der Waals surface area contributed by atoms with E-state index >= 15 is 0 Å². The van der Waals surface area contributed by atoms with Crippen molar-refractivity contribution in [3.8, 4) is 0 Å². The van der Waals surface area contributed by atoms with Gasteiger partial charge < -0.3 is 9.67 Å². The van der Waals surface area contributed by atoms with E-state index in [0.29, 0.717) is 17.4 Å². The fourth-order valence-corrected chi connectivity index (χ4v) is 3.70. The summed E-state index contributed by atoms with van der Waals surface area (Å²) in [6, 6.07) is 7.40. The summed E-state index contributed by atoms with van der Waals surface area (Å²) in [7, 11) is 1.93. The lowest BCUT2D eigenvalue weighted by Crippen LogP contribution is -2.33. The van der Waals surface area contributed by atoms with Gasteiger partial charge in [0.2, 0.25) is 0 Å². The Morgan fingerprint density at radius 3 is 2.92 bits per heavy atom. The summed E-state index contributed by atoms with van der Waals surface area (Å²) in [5.41, 5.74) is 0.609. The Morgan fingerprint density at radius 1 is 1.31 bits per heavy atom. The first kappa shape index (κ1) is 16.9. The molecule has 4 rings (SSSR count). The summed E-state index contributed by atoms with van der Waals surface area (Å²) < 4.78 is 3.53. The van der Waals surface area contributed by atoms with Gasteiger partial charge in [-0.3, -0.25) is 14.3 Å². The SMILES string of the molecule is Cn1cnnc1CN1CCCC1c1nc2ccccc2c(=O)n1CCO. The summed E-state index contributed by atoms with van der Waals surface area (Å²) >= 11 is 0. The van der Waals surface area contributed by atoms with Crippen LogP contribution in [0.5, 0.6) is 0 Å². The molecule has 1 aliphatic rings. The number of aliphatic hydroxyl groups is 1. The highest BCUT2D eigenvalue weighted by Gasteiger charge is 2.31. The predicted octanol–water partition coefficient (Wildman–Crippen LogP) is 0.854. The smallest absolute Gasteiger partial charge is 0.261 e. The lowest BCUT2D eigenvalue weighted by atomic mass is 10.1. The van der Waals surface area contributed by atoms with Crippen LogP contribution in [-0.2, 0) is 20.1 Å². The Balaban J connectivity index is 1.77. The summed E-state index contributed by atoms with van der Waals surface area (Å²) in [4.78, 5) is 20.0. The molecular formula is C18H22N6O2. The van der Waals surface area contributed by atoms with Crippen molar-refractivity contribution in [1.82, 2.24) is 29.2 Å². The Kier molecular flexibility index (Phi) is 4.52. The highest BCUT2D eigenvalue weighted by atomic mass is 16.3. The van der Waals surface area contributed by atoms with E-state index in [9.17, 15) is 9.90 Å². The summed E-state index contributed by atoms with van der Waals surface area (Å²) in [6.07, 6.45) is 3.65. The van der Waals surface area contributed by atoms with Crippen molar-refractivity contribution >= 4 is 10.9 Å². The molecule has 0 amide bonds. The first-order valence-corrected chi connectivity index (χ1v) is 8.86. The number of benzene rings is 1. The van der Waals surface area contributed by atoms with E-state index in [-0.39, 0.29) is 24.8 Å². The van der Waals surface area contributed by atoms with Gasteiger partial charge in [-0.1, -0.05) is 12.1 Å². The van der Waals surface area contributed by atoms with Gasteiger partial charge in [-0.25, -0.2) is 4.98 Å². The molecular weight excluding hydrogens is 332 g/mol. The summed E-state index contributed by atoms with van der Waals surface area (Å²) in [5, 5.41) is 18.2. The Bertz CT molecular complexity index is 979. The van der Waals surface area contributed by atoms with Gasteiger partial charge in [0.25, 0.3) is 5.56 Å². The molecule has 1 unspecified atom stereocenters. The van der Waals surface area contributed by atoms with Crippen molar-refractivity contribution in [3.05, 3.63) is 52.6 Å². The molecule has 3 heterocycles. The minimum absolute atomic E-state index is 0.0237. The van der Waals surface area contributed by atoms with Gasteiger partial charge in [0, 0.05) is 7.05 Å². The fourth-order valence-electron chi connectivity index (χ4n) is 3.70. The van der Waals surface area contributed by atoms with Crippen LogP contribution in [0.2, 0.25) is 0 Å². The number of hydrogen-bond acceptors (Lipinski definition) is 6. The number of hydrogen-bond donors (Lipinski definition) is 1. The molecule has 2 aromatic heterocycles. The lowest BCUT2D eigenvalue weighted by molar-refractivity contribution is 0.217. The maximum absolute atomic E-state index is 12.9. The Labute approximate surface area is 150 Å². The molecule has 1 N–H and O–H groups in total. The van der Waals surface area contributed by atoms with Crippen molar-refractivity contribution in [1.29, 1.82) is 0 Å². The number of aliphatic hydroxyl groups excluding tert-OH is 1. The number of aromatic nitrogens is 5. The third-order valence-electron chi connectivity index (χ3n) is 5.03. The zero-order chi connectivity index (χ0) is 18.1. The zero-order valence-corrected chi connectivity index (χ0v) is 14.7. The number of nitrogens with zero attached hydrogens (tertiary/aromatic N) is 6. The second-order valence-electron chi connectivity index (χ2n) is 6.65. The third kappa shape index (κ3) is 2.91. The molecule has 0 spiro atoms. The van der Waals surface area contributed by atoms with Crippen LogP contribution in [0.4, 0.5) is 0 Å². The number of para-hydroxylation sites is 1. The molecule has 8 nitrogen and oxygen atoms in total. The lowest BCUT2D eigenvalue weighted by Gasteiger charge is -2.26. The number of aryl methyl sites for hydroxylation is 1. The molecule has 1 aromatic carbocycles. The van der Waals surface area contributed by atoms with Crippen LogP contribution in [0, 0.1) is 0 Å². The molecule has 0 bridgehead atoms. The van der Waals surface area contributed by atoms with E-state index in [0.717, 1.165) is 31.0 Å². The molecule has 1 aliphatic heterocycles. The number of rotatable bonds is 5. The van der Waals surface area contributed by atoms with E-state index in [4.69, 9.17) is 4.98 Å². The number of likely N-dealkylation sites (tertiary alicyclic amines) is 1. The van der Waals surface area contributed by atoms with Gasteiger partial charge >= 0.3 is 0 Å². The van der Waals surface area contributed by atoms with E-state index in [1.165, 1.54) is 0 Å². The Hall–Kier alpha value is -2.58.